The smallest absolute Gasteiger partial charge is 0.191 e. The Morgan fingerprint density at radius 3 is 2.52 bits per heavy atom. The van der Waals surface area contributed by atoms with E-state index in [1.165, 1.54) is 32.5 Å². The van der Waals surface area contributed by atoms with Crippen LogP contribution in [-0.4, -0.2) is 70.4 Å². The number of thioether (sulfide) groups is 1. The van der Waals surface area contributed by atoms with E-state index in [0.717, 1.165) is 55.2 Å². The number of piperidine rings is 1. The monoisotopic (exact) mass is 395 g/mol. The van der Waals surface area contributed by atoms with E-state index >= 15 is 0 Å². The van der Waals surface area contributed by atoms with Crippen LogP contribution in [0.15, 0.2) is 4.99 Å². The predicted molar refractivity (Wildman–Crippen MR) is 115 cm³/mol. The third-order valence-electron chi connectivity index (χ3n) is 5.20. The molecule has 154 valence electrons. The Hall–Kier alpha value is -1.28. The standard InChI is InChI=1S/C19H37N7S/c1-16-7-12-26(13-8-16)11-5-9-20-19(21-10-6-14-27-4)22-15-18-24-23-17(2)25(18)3/h16H,5-15H2,1-4H3,(H2,20,21,22). The van der Waals surface area contributed by atoms with E-state index in [-0.39, 0.29) is 0 Å². The van der Waals surface area contributed by atoms with Gasteiger partial charge in [0.25, 0.3) is 0 Å². The second-order valence-corrected chi connectivity index (χ2v) is 8.45. The van der Waals surface area contributed by atoms with Gasteiger partial charge < -0.3 is 20.1 Å². The van der Waals surface area contributed by atoms with Gasteiger partial charge in [-0.3, -0.25) is 0 Å². The molecule has 0 aliphatic carbocycles. The first-order valence-electron chi connectivity index (χ1n) is 10.2. The van der Waals surface area contributed by atoms with E-state index in [4.69, 9.17) is 4.99 Å². The number of nitrogens with zero attached hydrogens (tertiary/aromatic N) is 5. The minimum atomic E-state index is 0.541. The second-order valence-electron chi connectivity index (χ2n) is 7.46. The molecule has 0 spiro atoms. The van der Waals surface area contributed by atoms with Gasteiger partial charge in [0.2, 0.25) is 0 Å². The summed E-state index contributed by atoms with van der Waals surface area (Å²) in [7, 11) is 1.98. The summed E-state index contributed by atoms with van der Waals surface area (Å²) in [6, 6.07) is 0. The zero-order valence-electron chi connectivity index (χ0n) is 17.5. The predicted octanol–water partition coefficient (Wildman–Crippen LogP) is 2.03. The lowest BCUT2D eigenvalue weighted by molar-refractivity contribution is 0.191. The molecule has 7 nitrogen and oxygen atoms in total. The second kappa shape index (κ2) is 12.2. The molecule has 0 unspecified atom stereocenters. The highest BCUT2D eigenvalue weighted by atomic mass is 32.2. The fourth-order valence-electron chi connectivity index (χ4n) is 3.13. The molecule has 0 amide bonds. The molecular formula is C19H37N7S. The Morgan fingerprint density at radius 1 is 1.19 bits per heavy atom. The van der Waals surface area contributed by atoms with Crippen molar-refractivity contribution >= 4 is 17.7 Å². The van der Waals surface area contributed by atoms with E-state index in [0.29, 0.717) is 6.54 Å². The molecule has 1 saturated heterocycles. The maximum Gasteiger partial charge on any atom is 0.191 e. The molecule has 0 atom stereocenters. The van der Waals surface area contributed by atoms with E-state index in [2.05, 4.69) is 38.9 Å². The van der Waals surface area contributed by atoms with Gasteiger partial charge in [0, 0.05) is 20.1 Å². The Morgan fingerprint density at radius 2 is 1.89 bits per heavy atom. The molecule has 2 heterocycles. The van der Waals surface area contributed by atoms with Gasteiger partial charge in [0.1, 0.15) is 12.4 Å². The zero-order valence-corrected chi connectivity index (χ0v) is 18.3. The molecule has 8 heteroatoms. The number of nitrogens with one attached hydrogen (secondary N) is 2. The molecule has 2 N–H and O–H groups in total. The molecular weight excluding hydrogens is 358 g/mol. The summed E-state index contributed by atoms with van der Waals surface area (Å²) >= 11 is 1.88. The van der Waals surface area contributed by atoms with Gasteiger partial charge in [0.15, 0.2) is 11.8 Å². The molecule has 1 aromatic rings. The molecule has 0 aromatic carbocycles. The Balaban J connectivity index is 1.76. The Bertz CT molecular complexity index is 564. The SMILES string of the molecule is CSCCCNC(=NCc1nnc(C)n1C)NCCCN1CCC(C)CC1. The number of aryl methyl sites for hydroxylation is 1. The van der Waals surface area contributed by atoms with Crippen LogP contribution < -0.4 is 10.6 Å². The molecule has 0 radical (unpaired) electrons. The maximum atomic E-state index is 4.71. The van der Waals surface area contributed by atoms with E-state index in [1.54, 1.807) is 0 Å². The molecule has 1 aromatic heterocycles. The van der Waals surface area contributed by atoms with Crippen LogP contribution in [0.5, 0.6) is 0 Å². The summed E-state index contributed by atoms with van der Waals surface area (Å²) in [6.07, 6.45) is 7.10. The van der Waals surface area contributed by atoms with Crippen LogP contribution in [0, 0.1) is 12.8 Å². The molecule has 1 aliphatic heterocycles. The minimum Gasteiger partial charge on any atom is -0.356 e. The quantitative estimate of drug-likeness (QED) is 0.359. The number of hydrogen-bond acceptors (Lipinski definition) is 5. The first kappa shape index (κ1) is 22.0. The van der Waals surface area contributed by atoms with Crippen LogP contribution in [0.2, 0.25) is 0 Å². The van der Waals surface area contributed by atoms with Gasteiger partial charge in [-0.1, -0.05) is 6.92 Å². The van der Waals surface area contributed by atoms with Crippen molar-refractivity contribution < 1.29 is 0 Å². The summed E-state index contributed by atoms with van der Waals surface area (Å²) in [5.74, 6) is 4.74. The third-order valence-corrected chi connectivity index (χ3v) is 5.90. The van der Waals surface area contributed by atoms with Crippen molar-refractivity contribution in [2.24, 2.45) is 18.0 Å². The van der Waals surface area contributed by atoms with Crippen LogP contribution in [0.25, 0.3) is 0 Å². The highest BCUT2D eigenvalue weighted by Gasteiger charge is 2.14. The lowest BCUT2D eigenvalue weighted by Gasteiger charge is -2.30. The molecule has 27 heavy (non-hydrogen) atoms. The van der Waals surface area contributed by atoms with Crippen molar-refractivity contribution in [2.75, 3.05) is 44.7 Å². The normalized spacial score (nSPS) is 16.7. The Kier molecular flexibility index (Phi) is 9.97. The van der Waals surface area contributed by atoms with Crippen molar-refractivity contribution in [1.82, 2.24) is 30.3 Å². The molecule has 1 aliphatic rings. The average Bonchev–Trinajstić information content (AvgIpc) is 2.99. The van der Waals surface area contributed by atoms with Gasteiger partial charge in [-0.05, 0) is 70.2 Å². The van der Waals surface area contributed by atoms with Crippen LogP contribution in [0.1, 0.15) is 44.3 Å². The summed E-state index contributed by atoms with van der Waals surface area (Å²) in [6.45, 7) is 10.4. The summed E-state index contributed by atoms with van der Waals surface area (Å²) < 4.78 is 1.99. The van der Waals surface area contributed by atoms with Crippen molar-refractivity contribution in [3.8, 4) is 0 Å². The van der Waals surface area contributed by atoms with Crippen LogP contribution in [0.3, 0.4) is 0 Å². The molecule has 2 rings (SSSR count). The van der Waals surface area contributed by atoms with Crippen LogP contribution in [-0.2, 0) is 13.6 Å². The molecule has 0 bridgehead atoms. The van der Waals surface area contributed by atoms with E-state index in [9.17, 15) is 0 Å². The minimum absolute atomic E-state index is 0.541. The van der Waals surface area contributed by atoms with Crippen molar-refractivity contribution in [3.05, 3.63) is 11.6 Å². The van der Waals surface area contributed by atoms with Crippen molar-refractivity contribution in [3.63, 3.8) is 0 Å². The molecule has 0 saturated carbocycles. The summed E-state index contributed by atoms with van der Waals surface area (Å²) in [5.41, 5.74) is 0. The fourth-order valence-corrected chi connectivity index (χ4v) is 3.56. The molecule has 1 fully saturated rings. The number of aromatic nitrogens is 3. The summed E-state index contributed by atoms with van der Waals surface area (Å²) in [5, 5.41) is 15.2. The fraction of sp³-hybridized carbons (Fsp3) is 0.842. The number of rotatable bonds is 10. The maximum absolute atomic E-state index is 4.71. The first-order valence-corrected chi connectivity index (χ1v) is 11.6. The van der Waals surface area contributed by atoms with Gasteiger partial charge >= 0.3 is 0 Å². The number of hydrogen-bond donors (Lipinski definition) is 2. The van der Waals surface area contributed by atoms with Gasteiger partial charge in [0.05, 0.1) is 0 Å². The van der Waals surface area contributed by atoms with Gasteiger partial charge in [-0.25, -0.2) is 4.99 Å². The largest absolute Gasteiger partial charge is 0.356 e. The number of likely N-dealkylation sites (tertiary alicyclic amines) is 1. The van der Waals surface area contributed by atoms with E-state index in [1.807, 2.05) is 30.3 Å². The summed E-state index contributed by atoms with van der Waals surface area (Å²) in [4.78, 5) is 7.30. The highest BCUT2D eigenvalue weighted by molar-refractivity contribution is 7.98. The van der Waals surface area contributed by atoms with Crippen molar-refractivity contribution in [1.29, 1.82) is 0 Å². The lowest BCUT2D eigenvalue weighted by Crippen LogP contribution is -2.40. The average molecular weight is 396 g/mol. The van der Waals surface area contributed by atoms with Crippen LogP contribution >= 0.6 is 11.8 Å². The highest BCUT2D eigenvalue weighted by Crippen LogP contribution is 2.15. The van der Waals surface area contributed by atoms with Gasteiger partial charge in [-0.2, -0.15) is 11.8 Å². The number of guanidine groups is 1. The zero-order chi connectivity index (χ0) is 19.5. The van der Waals surface area contributed by atoms with E-state index < -0.39 is 0 Å². The topological polar surface area (TPSA) is 70.4 Å². The number of aliphatic imine (C=N–C) groups is 1. The van der Waals surface area contributed by atoms with Gasteiger partial charge in [-0.15, -0.1) is 10.2 Å². The van der Waals surface area contributed by atoms with Crippen LogP contribution in [0.4, 0.5) is 0 Å². The Labute approximate surface area is 168 Å². The third kappa shape index (κ3) is 8.09. The first-order chi connectivity index (χ1) is 13.1. The van der Waals surface area contributed by atoms with Crippen molar-refractivity contribution in [2.45, 2.75) is 46.1 Å². The lowest BCUT2D eigenvalue weighted by atomic mass is 9.99.